The van der Waals surface area contributed by atoms with Crippen LogP contribution in [0.5, 0.6) is 0 Å². The third-order valence-electron chi connectivity index (χ3n) is 5.14. The Balaban J connectivity index is 2.48. The summed E-state index contributed by atoms with van der Waals surface area (Å²) in [6, 6.07) is 8.42. The molecule has 0 aliphatic heterocycles. The zero-order chi connectivity index (χ0) is 24.2. The Morgan fingerprint density at radius 2 is 1.84 bits per heavy atom. The van der Waals surface area contributed by atoms with Gasteiger partial charge in [-0.05, 0) is 82.7 Å². The van der Waals surface area contributed by atoms with E-state index in [1.54, 1.807) is 12.1 Å². The number of hydrogen-bond acceptors (Lipinski definition) is 4. The van der Waals surface area contributed by atoms with E-state index in [1.165, 1.54) is 17.1 Å². The number of hydrazine groups is 1. The van der Waals surface area contributed by atoms with Crippen LogP contribution in [-0.4, -0.2) is 40.0 Å². The van der Waals surface area contributed by atoms with E-state index in [0.717, 1.165) is 21.6 Å². The number of carbonyl (C=O) groups excluding carboxylic acids is 2. The highest BCUT2D eigenvalue weighted by Gasteiger charge is 2.35. The van der Waals surface area contributed by atoms with Crippen molar-refractivity contribution in [3.05, 3.63) is 62.5 Å². The lowest BCUT2D eigenvalue weighted by Gasteiger charge is -2.40. The van der Waals surface area contributed by atoms with Gasteiger partial charge in [0.2, 0.25) is 0 Å². The maximum absolute atomic E-state index is 14.5. The Bertz CT molecular complexity index is 974. The van der Waals surface area contributed by atoms with Crippen molar-refractivity contribution in [3.8, 4) is 0 Å². The van der Waals surface area contributed by atoms with Gasteiger partial charge in [0.1, 0.15) is 5.82 Å². The van der Waals surface area contributed by atoms with E-state index in [-0.39, 0.29) is 28.4 Å². The van der Waals surface area contributed by atoms with Crippen LogP contribution in [0.3, 0.4) is 0 Å². The maximum atomic E-state index is 14.5. The lowest BCUT2D eigenvalue weighted by Crippen LogP contribution is -2.56. The average Bonchev–Trinajstić information content (AvgIpc) is 2.68. The summed E-state index contributed by atoms with van der Waals surface area (Å²) < 4.78 is 15.4. The van der Waals surface area contributed by atoms with Gasteiger partial charge in [-0.15, -0.1) is 0 Å². The summed E-state index contributed by atoms with van der Waals surface area (Å²) >= 11 is 2.14. The van der Waals surface area contributed by atoms with Crippen LogP contribution in [0.2, 0.25) is 0 Å². The minimum atomic E-state index is -1.85. The van der Waals surface area contributed by atoms with E-state index >= 15 is 0 Å². The minimum Gasteiger partial charge on any atom is -0.423 e. The van der Waals surface area contributed by atoms with Crippen molar-refractivity contribution in [2.45, 2.75) is 53.5 Å². The summed E-state index contributed by atoms with van der Waals surface area (Å²) in [4.78, 5) is 26.5. The zero-order valence-electron chi connectivity index (χ0n) is 18.9. The molecule has 172 valence electrons. The van der Waals surface area contributed by atoms with E-state index in [0.29, 0.717) is 12.0 Å². The van der Waals surface area contributed by atoms with Crippen LogP contribution < -0.4 is 10.9 Å². The number of carbonyl (C=O) groups is 2. The Hall–Kier alpha value is -1.98. The van der Waals surface area contributed by atoms with Gasteiger partial charge in [-0.25, -0.2) is 9.40 Å². The normalized spacial score (nSPS) is 12.3. The number of aryl methyl sites for hydroxylation is 1. The maximum Gasteiger partial charge on any atom is 0.488 e. The average molecular weight is 554 g/mol. The predicted octanol–water partition coefficient (Wildman–Crippen LogP) is 3.42. The molecule has 0 spiro atoms. The van der Waals surface area contributed by atoms with Crippen molar-refractivity contribution < 1.29 is 24.0 Å². The van der Waals surface area contributed by atoms with E-state index in [4.69, 9.17) is 0 Å². The van der Waals surface area contributed by atoms with Crippen molar-refractivity contribution in [1.82, 2.24) is 10.4 Å². The fourth-order valence-corrected chi connectivity index (χ4v) is 4.36. The molecule has 0 aliphatic rings. The first-order valence-electron chi connectivity index (χ1n) is 10.4. The molecule has 1 atom stereocenters. The summed E-state index contributed by atoms with van der Waals surface area (Å²) in [6.45, 7) is 9.84. The summed E-state index contributed by atoms with van der Waals surface area (Å²) in [5.74, 6) is -2.08. The Kier molecular flexibility index (Phi) is 8.84. The fourth-order valence-electron chi connectivity index (χ4n) is 3.54. The van der Waals surface area contributed by atoms with Crippen LogP contribution in [0.15, 0.2) is 36.4 Å². The molecule has 0 unspecified atom stereocenters. The van der Waals surface area contributed by atoms with Crippen LogP contribution in [0, 0.1) is 21.7 Å². The Labute approximate surface area is 202 Å². The van der Waals surface area contributed by atoms with Crippen molar-refractivity contribution in [3.63, 3.8) is 0 Å². The molecule has 3 N–H and O–H groups in total. The van der Waals surface area contributed by atoms with Crippen LogP contribution in [0.25, 0.3) is 0 Å². The topological polar surface area (TPSA) is 89.9 Å². The summed E-state index contributed by atoms with van der Waals surface area (Å²) in [7, 11) is -1.85. The van der Waals surface area contributed by atoms with E-state index in [2.05, 4.69) is 28.0 Å². The van der Waals surface area contributed by atoms with Crippen LogP contribution in [0.1, 0.15) is 66.8 Å². The molecule has 2 aromatic rings. The van der Waals surface area contributed by atoms with E-state index in [9.17, 15) is 24.0 Å². The zero-order valence-corrected chi connectivity index (χ0v) is 21.1. The van der Waals surface area contributed by atoms with Crippen LogP contribution in [0.4, 0.5) is 4.39 Å². The smallest absolute Gasteiger partial charge is 0.423 e. The molecule has 2 amide bonds. The van der Waals surface area contributed by atoms with Gasteiger partial charge in [0.05, 0.1) is 11.6 Å². The molecule has 6 nitrogen and oxygen atoms in total. The van der Waals surface area contributed by atoms with Gasteiger partial charge >= 0.3 is 7.12 Å². The molecule has 2 aromatic carbocycles. The monoisotopic (exact) mass is 554 g/mol. The van der Waals surface area contributed by atoms with Gasteiger partial charge in [0, 0.05) is 9.13 Å². The van der Waals surface area contributed by atoms with Crippen molar-refractivity contribution in [2.24, 2.45) is 5.41 Å². The molecule has 0 bridgehead atoms. The third-order valence-corrected chi connectivity index (χ3v) is 5.76. The van der Waals surface area contributed by atoms with Gasteiger partial charge in [-0.3, -0.25) is 15.0 Å². The minimum absolute atomic E-state index is 0.0696. The second-order valence-corrected chi connectivity index (χ2v) is 10.2. The SMILES string of the molecule is CCC[C@@H](N(NC(=O)c1ccc(B(O)O)cc1F)C(=O)c1cc(C)cc(I)c1)C(C)(C)C. The fraction of sp³-hybridized carbons (Fsp3) is 0.391. The number of hydrogen-bond donors (Lipinski definition) is 3. The van der Waals surface area contributed by atoms with Crippen LogP contribution in [-0.2, 0) is 0 Å². The number of nitrogens with one attached hydrogen (secondary N) is 1. The molecular formula is C23H29BFIN2O4. The summed E-state index contributed by atoms with van der Waals surface area (Å²) in [5, 5.41) is 19.8. The third kappa shape index (κ3) is 6.52. The number of halogens is 2. The molecule has 2 rings (SSSR count). The van der Waals surface area contributed by atoms with E-state index < -0.39 is 18.8 Å². The van der Waals surface area contributed by atoms with Gasteiger partial charge in [0.15, 0.2) is 0 Å². The predicted molar refractivity (Wildman–Crippen MR) is 132 cm³/mol. The first kappa shape index (κ1) is 26.3. The second-order valence-electron chi connectivity index (χ2n) is 8.92. The summed E-state index contributed by atoms with van der Waals surface area (Å²) in [6.07, 6.45) is 1.42. The lowest BCUT2D eigenvalue weighted by atomic mass is 9.80. The highest BCUT2D eigenvalue weighted by atomic mass is 127. The van der Waals surface area contributed by atoms with Crippen molar-refractivity contribution >= 4 is 47.0 Å². The molecule has 0 aromatic heterocycles. The number of amides is 2. The number of rotatable bonds is 6. The van der Waals surface area contributed by atoms with Crippen molar-refractivity contribution in [1.29, 1.82) is 0 Å². The summed E-state index contributed by atoms with van der Waals surface area (Å²) in [5.41, 5.74) is 3.25. The highest BCUT2D eigenvalue weighted by molar-refractivity contribution is 14.1. The molecule has 0 aliphatic carbocycles. The standard InChI is InChI=1S/C23H29BFIN2O4/c1-6-7-20(23(3,4)5)28(22(30)15-10-14(2)11-17(26)12-15)27-21(29)18-9-8-16(24(31)32)13-19(18)25/h8-13,20,31-32H,6-7H2,1-5H3,(H,27,29)/t20-/m1/s1. The number of benzene rings is 2. The first-order valence-corrected chi connectivity index (χ1v) is 11.5. The molecule has 0 fully saturated rings. The van der Waals surface area contributed by atoms with Gasteiger partial charge in [-0.1, -0.05) is 40.2 Å². The molecule has 0 radical (unpaired) electrons. The molecule has 32 heavy (non-hydrogen) atoms. The molecule has 0 heterocycles. The van der Waals surface area contributed by atoms with E-state index in [1.807, 2.05) is 40.7 Å². The molecule has 9 heteroatoms. The first-order chi connectivity index (χ1) is 14.8. The Morgan fingerprint density at radius 1 is 1.19 bits per heavy atom. The molecular weight excluding hydrogens is 525 g/mol. The molecule has 0 saturated carbocycles. The van der Waals surface area contributed by atoms with Crippen molar-refractivity contribution in [2.75, 3.05) is 0 Å². The second kappa shape index (κ2) is 10.8. The highest BCUT2D eigenvalue weighted by Crippen LogP contribution is 2.29. The quantitative estimate of drug-likeness (QED) is 0.290. The lowest BCUT2D eigenvalue weighted by molar-refractivity contribution is 0.0269. The Morgan fingerprint density at radius 3 is 2.34 bits per heavy atom. The number of nitrogens with zero attached hydrogens (tertiary/aromatic N) is 1. The molecule has 0 saturated heterocycles. The van der Waals surface area contributed by atoms with Gasteiger partial charge in [0.25, 0.3) is 11.8 Å². The van der Waals surface area contributed by atoms with Crippen LogP contribution >= 0.6 is 22.6 Å². The van der Waals surface area contributed by atoms with Gasteiger partial charge < -0.3 is 10.0 Å². The largest absolute Gasteiger partial charge is 0.488 e. The van der Waals surface area contributed by atoms with Gasteiger partial charge in [-0.2, -0.15) is 0 Å².